The molecule has 0 saturated carbocycles. The molecule has 7 rings (SSSR count). The zero-order valence-electron chi connectivity index (χ0n) is 32.2. The summed E-state index contributed by atoms with van der Waals surface area (Å²) >= 11 is 0. The number of rotatable bonds is 10. The van der Waals surface area contributed by atoms with E-state index in [0.717, 1.165) is 74.4 Å². The van der Waals surface area contributed by atoms with Crippen molar-refractivity contribution in [3.63, 3.8) is 0 Å². The third-order valence-electron chi connectivity index (χ3n) is 12.0. The number of carbonyl (C=O) groups is 4. The summed E-state index contributed by atoms with van der Waals surface area (Å²) in [5.74, 6) is 1.81. The van der Waals surface area contributed by atoms with Crippen LogP contribution in [-0.4, -0.2) is 93.1 Å². The molecule has 0 bridgehead atoms. The van der Waals surface area contributed by atoms with Gasteiger partial charge in [-0.05, 0) is 85.5 Å². The van der Waals surface area contributed by atoms with Gasteiger partial charge in [-0.2, -0.15) is 0 Å². The number of aromatic nitrogens is 4. The third-order valence-corrected chi connectivity index (χ3v) is 12.0. The zero-order valence-corrected chi connectivity index (χ0v) is 32.2. The first kappa shape index (κ1) is 37.4. The molecule has 14 heteroatoms. The van der Waals surface area contributed by atoms with Crippen LogP contribution in [0.3, 0.4) is 0 Å². The molecule has 290 valence electrons. The molecule has 14 nitrogen and oxygen atoms in total. The molecule has 2 aromatic heterocycles. The molecule has 2 aliphatic carbocycles. The summed E-state index contributed by atoms with van der Waals surface area (Å²) in [6.45, 7) is 8.93. The third kappa shape index (κ3) is 7.31. The molecular weight excluding hydrogens is 688 g/mol. The number of H-pyrrole nitrogens is 2. The van der Waals surface area contributed by atoms with Gasteiger partial charge in [0.05, 0.1) is 26.3 Å². The molecule has 4 N–H and O–H groups in total. The Morgan fingerprint density at radius 3 is 1.37 bits per heavy atom. The van der Waals surface area contributed by atoms with Gasteiger partial charge in [-0.15, -0.1) is 0 Å². The van der Waals surface area contributed by atoms with Gasteiger partial charge in [-0.25, -0.2) is 19.6 Å². The minimum Gasteiger partial charge on any atom is -0.453 e. The number of ether oxygens (including phenoxy) is 2. The Morgan fingerprint density at radius 2 is 1.04 bits per heavy atom. The van der Waals surface area contributed by atoms with E-state index in [1.54, 1.807) is 0 Å². The predicted molar refractivity (Wildman–Crippen MR) is 200 cm³/mol. The van der Waals surface area contributed by atoms with Crippen molar-refractivity contribution in [3.8, 4) is 0 Å². The summed E-state index contributed by atoms with van der Waals surface area (Å²) in [6, 6.07) is 3.16. The summed E-state index contributed by atoms with van der Waals surface area (Å²) in [4.78, 5) is 71.6. The second kappa shape index (κ2) is 15.5. The molecule has 2 fully saturated rings. The fourth-order valence-corrected chi connectivity index (χ4v) is 9.04. The van der Waals surface area contributed by atoms with E-state index in [1.807, 2.05) is 49.9 Å². The average molecular weight is 743 g/mol. The number of nitrogens with one attached hydrogen (secondary N) is 4. The van der Waals surface area contributed by atoms with Crippen LogP contribution in [0, 0.1) is 11.8 Å². The predicted octanol–water partition coefficient (Wildman–Crippen LogP) is 4.99. The van der Waals surface area contributed by atoms with Crippen molar-refractivity contribution in [1.29, 1.82) is 0 Å². The molecule has 4 aliphatic rings. The molecule has 3 unspecified atom stereocenters. The van der Waals surface area contributed by atoms with Crippen LogP contribution in [0.4, 0.5) is 9.59 Å². The highest BCUT2D eigenvalue weighted by molar-refractivity contribution is 5.87. The number of hydrogen-bond donors (Lipinski definition) is 4. The Morgan fingerprint density at radius 1 is 0.667 bits per heavy atom. The van der Waals surface area contributed by atoms with Crippen molar-refractivity contribution in [2.45, 2.75) is 115 Å². The SMILES string of the molecule is COC(=O)NC(C(=O)N1CCCC1c1ncc(C2Cc3cc4c(cc3C2)CC(c2cnc(C3CCCN3C(=O)[C@@H](NC(=O)OC)C(C)C)[nH]2)C4)[nH]1)C(C)C. The first-order chi connectivity index (χ1) is 25.9. The van der Waals surface area contributed by atoms with Crippen LogP contribution in [0.2, 0.25) is 0 Å². The van der Waals surface area contributed by atoms with E-state index < -0.39 is 24.3 Å². The lowest BCUT2D eigenvalue weighted by Crippen LogP contribution is -2.51. The minimum atomic E-state index is -0.664. The fraction of sp³-hybridized carbons (Fsp3) is 0.600. The van der Waals surface area contributed by atoms with Gasteiger partial charge in [-0.3, -0.25) is 9.59 Å². The lowest BCUT2D eigenvalue weighted by atomic mass is 10.0. The molecule has 3 aromatic rings. The van der Waals surface area contributed by atoms with Gasteiger partial charge in [0.2, 0.25) is 11.8 Å². The second-order valence-electron chi connectivity index (χ2n) is 16.1. The summed E-state index contributed by atoms with van der Waals surface area (Å²) in [7, 11) is 2.61. The molecule has 0 spiro atoms. The number of hydrogen-bond acceptors (Lipinski definition) is 8. The van der Waals surface area contributed by atoms with Gasteiger partial charge in [0.1, 0.15) is 23.7 Å². The van der Waals surface area contributed by atoms with E-state index >= 15 is 0 Å². The van der Waals surface area contributed by atoms with E-state index in [1.165, 1.54) is 36.5 Å². The number of amides is 4. The average Bonchev–Trinajstić information content (AvgIpc) is 4.00. The summed E-state index contributed by atoms with van der Waals surface area (Å²) in [5, 5.41) is 5.44. The van der Waals surface area contributed by atoms with Crippen LogP contribution < -0.4 is 10.6 Å². The van der Waals surface area contributed by atoms with E-state index in [-0.39, 0.29) is 35.7 Å². The Bertz CT molecular complexity index is 1720. The number of methoxy groups -OCH3 is 2. The van der Waals surface area contributed by atoms with Gasteiger partial charge >= 0.3 is 12.2 Å². The maximum Gasteiger partial charge on any atom is 0.407 e. The molecule has 4 atom stereocenters. The normalized spacial score (nSPS) is 21.0. The minimum absolute atomic E-state index is 0.0853. The molecule has 0 radical (unpaired) electrons. The van der Waals surface area contributed by atoms with Crippen LogP contribution in [0.5, 0.6) is 0 Å². The summed E-state index contributed by atoms with van der Waals surface area (Å²) in [5.41, 5.74) is 7.72. The van der Waals surface area contributed by atoms with Gasteiger partial charge < -0.3 is 39.9 Å². The molecule has 54 heavy (non-hydrogen) atoms. The van der Waals surface area contributed by atoms with Crippen molar-refractivity contribution in [2.24, 2.45) is 11.8 Å². The van der Waals surface area contributed by atoms with Crippen LogP contribution in [0.1, 0.15) is 123 Å². The van der Waals surface area contributed by atoms with Gasteiger partial charge in [0, 0.05) is 48.7 Å². The van der Waals surface area contributed by atoms with Crippen LogP contribution in [-0.2, 0) is 44.7 Å². The smallest absolute Gasteiger partial charge is 0.407 e. The van der Waals surface area contributed by atoms with Crippen molar-refractivity contribution in [3.05, 3.63) is 69.8 Å². The lowest BCUT2D eigenvalue weighted by molar-refractivity contribution is -0.136. The maximum atomic E-state index is 13.6. The summed E-state index contributed by atoms with van der Waals surface area (Å²) < 4.78 is 9.55. The Balaban J connectivity index is 0.986. The van der Waals surface area contributed by atoms with Crippen LogP contribution in [0.15, 0.2) is 24.5 Å². The topological polar surface area (TPSA) is 175 Å². The Labute approximate surface area is 316 Å². The number of likely N-dealkylation sites (tertiary alicyclic amines) is 2. The first-order valence-corrected chi connectivity index (χ1v) is 19.5. The molecular formula is C40H54N8O6. The second-order valence-corrected chi connectivity index (χ2v) is 16.1. The number of fused-ring (bicyclic) bond motifs is 2. The zero-order chi connectivity index (χ0) is 38.3. The van der Waals surface area contributed by atoms with Gasteiger partial charge in [-0.1, -0.05) is 39.8 Å². The van der Waals surface area contributed by atoms with Crippen molar-refractivity contribution in [2.75, 3.05) is 27.3 Å². The van der Waals surface area contributed by atoms with E-state index in [2.05, 4.69) is 32.7 Å². The van der Waals surface area contributed by atoms with E-state index in [0.29, 0.717) is 24.9 Å². The molecule has 2 saturated heterocycles. The number of nitrogens with zero attached hydrogens (tertiary/aromatic N) is 4. The van der Waals surface area contributed by atoms with Gasteiger partial charge in [0.25, 0.3) is 0 Å². The largest absolute Gasteiger partial charge is 0.453 e. The number of carbonyl (C=O) groups excluding carboxylic acids is 4. The van der Waals surface area contributed by atoms with Crippen molar-refractivity contribution >= 4 is 24.0 Å². The Kier molecular flexibility index (Phi) is 10.7. The van der Waals surface area contributed by atoms with Gasteiger partial charge in [0.15, 0.2) is 0 Å². The number of benzene rings is 1. The standard InChI is InChI=1S/C40H54N8O6/c1-21(2)33(45-39(51)53-5)37(49)47-11-7-9-31(47)35-41-19-29(43-35)27-15-23-13-25-17-28(18-26(25)14-24(23)16-27)30-20-42-36(44-30)32-10-8-12-48(32)38(50)34(22(3)4)46-40(52)54-6/h13-14,19-22,27-28,31-34H,7-12,15-18H2,1-6H3,(H,41,43)(H,42,44)(H,45,51)(H,46,52)/t27?,28?,31?,32?,33-,34?/m0/s1. The maximum absolute atomic E-state index is 13.6. The molecule has 1 aromatic carbocycles. The van der Waals surface area contributed by atoms with E-state index in [9.17, 15) is 19.2 Å². The number of aromatic amines is 2. The highest BCUT2D eigenvalue weighted by Crippen LogP contribution is 2.42. The van der Waals surface area contributed by atoms with Crippen molar-refractivity contribution in [1.82, 2.24) is 40.4 Å². The molecule has 4 amide bonds. The summed E-state index contributed by atoms with van der Waals surface area (Å²) in [6.07, 6.45) is 9.80. The fourth-order valence-electron chi connectivity index (χ4n) is 9.04. The molecule has 2 aliphatic heterocycles. The quantitative estimate of drug-likeness (QED) is 0.225. The Hall–Kier alpha value is -4.88. The lowest BCUT2D eigenvalue weighted by Gasteiger charge is -2.30. The van der Waals surface area contributed by atoms with Crippen LogP contribution in [0.25, 0.3) is 0 Å². The van der Waals surface area contributed by atoms with E-state index in [4.69, 9.17) is 19.4 Å². The number of alkyl carbamates (subject to hydrolysis) is 2. The number of imidazole rings is 2. The van der Waals surface area contributed by atoms with Crippen molar-refractivity contribution < 1.29 is 28.7 Å². The monoisotopic (exact) mass is 742 g/mol. The first-order valence-electron chi connectivity index (χ1n) is 19.5. The molecule has 4 heterocycles. The highest BCUT2D eigenvalue weighted by Gasteiger charge is 2.40. The highest BCUT2D eigenvalue weighted by atomic mass is 16.5. The van der Waals surface area contributed by atoms with Crippen LogP contribution >= 0.6 is 0 Å².